The molecule has 1 aromatic carbocycles. The van der Waals surface area contributed by atoms with Crippen LogP contribution in [0.25, 0.3) is 5.65 Å². The van der Waals surface area contributed by atoms with Crippen molar-refractivity contribution in [2.45, 2.75) is 13.0 Å². The van der Waals surface area contributed by atoms with Gasteiger partial charge in [0.15, 0.2) is 11.8 Å². The zero-order valence-electron chi connectivity index (χ0n) is 14.2. The lowest BCUT2D eigenvalue weighted by molar-refractivity contribution is 0.0371. The lowest BCUT2D eigenvalue weighted by Gasteiger charge is -2.18. The van der Waals surface area contributed by atoms with E-state index in [1.54, 1.807) is 18.6 Å². The smallest absolute Gasteiger partial charge is 0.359 e. The van der Waals surface area contributed by atoms with Crippen molar-refractivity contribution in [2.75, 3.05) is 0 Å². The molecule has 4 aromatic rings. The van der Waals surface area contributed by atoms with Crippen molar-refractivity contribution in [1.82, 2.24) is 14.4 Å². The standard InChI is InChI=1S/C21H17N3O2/c1-15-9-12-24-14-18(23-19(24)13-15)21(25)26-20(16-5-3-2-4-6-16)17-7-10-22-11-8-17/h2-14,20H,1H3. The van der Waals surface area contributed by atoms with Gasteiger partial charge in [-0.1, -0.05) is 30.3 Å². The largest absolute Gasteiger partial charge is 0.448 e. The highest BCUT2D eigenvalue weighted by atomic mass is 16.5. The van der Waals surface area contributed by atoms with Gasteiger partial charge in [-0.15, -0.1) is 0 Å². The summed E-state index contributed by atoms with van der Waals surface area (Å²) in [4.78, 5) is 21.2. The summed E-state index contributed by atoms with van der Waals surface area (Å²) in [5, 5.41) is 0. The van der Waals surface area contributed by atoms with Crippen molar-refractivity contribution in [2.24, 2.45) is 0 Å². The van der Waals surface area contributed by atoms with Gasteiger partial charge in [-0.05, 0) is 42.3 Å². The van der Waals surface area contributed by atoms with Crippen LogP contribution in [-0.4, -0.2) is 20.3 Å². The fourth-order valence-electron chi connectivity index (χ4n) is 2.84. The molecule has 0 saturated heterocycles. The first-order valence-corrected chi connectivity index (χ1v) is 8.32. The van der Waals surface area contributed by atoms with Crippen molar-refractivity contribution in [3.05, 3.63) is 102 Å². The molecule has 128 valence electrons. The van der Waals surface area contributed by atoms with E-state index in [9.17, 15) is 4.79 Å². The Bertz CT molecular complexity index is 1000. The van der Waals surface area contributed by atoms with Gasteiger partial charge in [0.1, 0.15) is 5.65 Å². The number of aryl methyl sites for hydroxylation is 1. The van der Waals surface area contributed by atoms with Crippen LogP contribution in [0.2, 0.25) is 0 Å². The average molecular weight is 343 g/mol. The quantitative estimate of drug-likeness (QED) is 0.526. The Morgan fingerprint density at radius 2 is 1.77 bits per heavy atom. The molecule has 5 nitrogen and oxygen atoms in total. The monoisotopic (exact) mass is 343 g/mol. The number of carbonyl (C=O) groups excluding carboxylic acids is 1. The number of pyridine rings is 2. The summed E-state index contributed by atoms with van der Waals surface area (Å²) in [5.74, 6) is -0.461. The van der Waals surface area contributed by atoms with Gasteiger partial charge in [0.2, 0.25) is 0 Å². The number of aromatic nitrogens is 3. The molecular weight excluding hydrogens is 326 g/mol. The van der Waals surface area contributed by atoms with Crippen molar-refractivity contribution < 1.29 is 9.53 Å². The molecular formula is C21H17N3O2. The van der Waals surface area contributed by atoms with Gasteiger partial charge in [-0.25, -0.2) is 9.78 Å². The van der Waals surface area contributed by atoms with Crippen LogP contribution in [0.4, 0.5) is 0 Å². The topological polar surface area (TPSA) is 56.5 Å². The SMILES string of the molecule is Cc1ccn2cc(C(=O)OC(c3ccccc3)c3ccncc3)nc2c1. The second kappa shape index (κ2) is 6.80. The second-order valence-electron chi connectivity index (χ2n) is 6.07. The number of imidazole rings is 1. The van der Waals surface area contributed by atoms with E-state index < -0.39 is 12.1 Å². The zero-order valence-corrected chi connectivity index (χ0v) is 14.2. The number of fused-ring (bicyclic) bond motifs is 1. The molecule has 4 rings (SSSR count). The third-order valence-electron chi connectivity index (χ3n) is 4.16. The number of hydrogen-bond donors (Lipinski definition) is 0. The fraction of sp³-hybridized carbons (Fsp3) is 0.0952. The van der Waals surface area contributed by atoms with E-state index in [1.165, 1.54) is 0 Å². The summed E-state index contributed by atoms with van der Waals surface area (Å²) in [6.45, 7) is 1.99. The van der Waals surface area contributed by atoms with E-state index in [1.807, 2.05) is 72.1 Å². The van der Waals surface area contributed by atoms with Gasteiger partial charge in [-0.3, -0.25) is 4.98 Å². The van der Waals surface area contributed by atoms with Crippen LogP contribution in [0.5, 0.6) is 0 Å². The summed E-state index contributed by atoms with van der Waals surface area (Å²) in [6, 6.07) is 17.2. The average Bonchev–Trinajstić information content (AvgIpc) is 3.10. The van der Waals surface area contributed by atoms with Crippen molar-refractivity contribution in [3.8, 4) is 0 Å². The maximum absolute atomic E-state index is 12.7. The first-order valence-electron chi connectivity index (χ1n) is 8.32. The number of hydrogen-bond acceptors (Lipinski definition) is 4. The predicted octanol–water partition coefficient (Wildman–Crippen LogP) is 3.98. The van der Waals surface area contributed by atoms with Gasteiger partial charge in [0.05, 0.1) is 0 Å². The number of rotatable bonds is 4. The van der Waals surface area contributed by atoms with E-state index in [0.29, 0.717) is 0 Å². The predicted molar refractivity (Wildman–Crippen MR) is 97.9 cm³/mol. The van der Waals surface area contributed by atoms with Crippen LogP contribution in [0, 0.1) is 6.92 Å². The summed E-state index contributed by atoms with van der Waals surface area (Å²) in [7, 11) is 0. The number of carbonyl (C=O) groups is 1. The molecule has 0 radical (unpaired) electrons. The van der Waals surface area contributed by atoms with Crippen LogP contribution in [0.15, 0.2) is 79.4 Å². The Morgan fingerprint density at radius 3 is 2.54 bits per heavy atom. The van der Waals surface area contributed by atoms with Crippen LogP contribution in [-0.2, 0) is 4.74 Å². The van der Waals surface area contributed by atoms with Gasteiger partial charge in [0, 0.05) is 30.4 Å². The number of esters is 1. The third kappa shape index (κ3) is 3.19. The number of benzene rings is 1. The molecule has 0 N–H and O–H groups in total. The molecule has 3 aromatic heterocycles. The van der Waals surface area contributed by atoms with Gasteiger partial charge >= 0.3 is 5.97 Å². The molecule has 1 unspecified atom stereocenters. The highest BCUT2D eigenvalue weighted by molar-refractivity contribution is 5.88. The minimum Gasteiger partial charge on any atom is -0.448 e. The molecule has 26 heavy (non-hydrogen) atoms. The fourth-order valence-corrected chi connectivity index (χ4v) is 2.84. The van der Waals surface area contributed by atoms with Crippen LogP contribution >= 0.6 is 0 Å². The summed E-state index contributed by atoms with van der Waals surface area (Å²) >= 11 is 0. The minimum atomic E-state index is -0.516. The van der Waals surface area contributed by atoms with E-state index >= 15 is 0 Å². The Balaban J connectivity index is 1.67. The molecule has 0 amide bonds. The highest BCUT2D eigenvalue weighted by Crippen LogP contribution is 2.26. The second-order valence-corrected chi connectivity index (χ2v) is 6.07. The van der Waals surface area contributed by atoms with Crippen molar-refractivity contribution in [3.63, 3.8) is 0 Å². The van der Waals surface area contributed by atoms with Crippen molar-refractivity contribution in [1.29, 1.82) is 0 Å². The summed E-state index contributed by atoms with van der Waals surface area (Å²) in [5.41, 5.74) is 3.84. The first kappa shape index (κ1) is 16.0. The summed E-state index contributed by atoms with van der Waals surface area (Å²) < 4.78 is 7.64. The molecule has 0 spiro atoms. The first-order chi connectivity index (χ1) is 12.7. The van der Waals surface area contributed by atoms with E-state index in [4.69, 9.17) is 4.74 Å². The molecule has 0 bridgehead atoms. The molecule has 0 aliphatic heterocycles. The van der Waals surface area contributed by atoms with Crippen LogP contribution in [0.1, 0.15) is 33.3 Å². The Hall–Kier alpha value is -3.47. The Kier molecular flexibility index (Phi) is 4.19. The lowest BCUT2D eigenvalue weighted by atomic mass is 10.0. The van der Waals surface area contributed by atoms with Crippen LogP contribution < -0.4 is 0 Å². The summed E-state index contributed by atoms with van der Waals surface area (Å²) in [6.07, 6.45) is 6.43. The molecule has 0 aliphatic rings. The van der Waals surface area contributed by atoms with E-state index in [0.717, 1.165) is 22.3 Å². The maximum Gasteiger partial charge on any atom is 0.359 e. The van der Waals surface area contributed by atoms with E-state index in [-0.39, 0.29) is 5.69 Å². The number of ether oxygens (including phenoxy) is 1. The number of nitrogens with zero attached hydrogens (tertiary/aromatic N) is 3. The highest BCUT2D eigenvalue weighted by Gasteiger charge is 2.21. The molecule has 1 atom stereocenters. The van der Waals surface area contributed by atoms with E-state index in [2.05, 4.69) is 9.97 Å². The van der Waals surface area contributed by atoms with Gasteiger partial charge in [-0.2, -0.15) is 0 Å². The van der Waals surface area contributed by atoms with Crippen molar-refractivity contribution >= 4 is 11.6 Å². The Morgan fingerprint density at radius 1 is 1.04 bits per heavy atom. The van der Waals surface area contributed by atoms with Gasteiger partial charge in [0.25, 0.3) is 0 Å². The molecule has 0 saturated carbocycles. The molecule has 0 aliphatic carbocycles. The Labute approximate surface area is 150 Å². The maximum atomic E-state index is 12.7. The zero-order chi connectivity index (χ0) is 17.9. The van der Waals surface area contributed by atoms with Crippen LogP contribution in [0.3, 0.4) is 0 Å². The van der Waals surface area contributed by atoms with Gasteiger partial charge < -0.3 is 9.14 Å². The molecule has 3 heterocycles. The molecule has 0 fully saturated rings. The molecule has 5 heteroatoms. The third-order valence-corrected chi connectivity index (χ3v) is 4.16. The minimum absolute atomic E-state index is 0.283. The lowest BCUT2D eigenvalue weighted by Crippen LogP contribution is -2.13. The normalized spacial score (nSPS) is 12.0.